The van der Waals surface area contributed by atoms with E-state index in [-0.39, 0.29) is 23.4 Å². The SMILES string of the molecule is Cc1ccc(S(=O)(=O)N(CC(=O)N(Cc2cccc(Br)c2)[C@@H](C)C(=O)NC2CCCCC2)c2cc(Cl)ccc2C)cc1. The maximum absolute atomic E-state index is 14.2. The fourth-order valence-corrected chi connectivity index (χ4v) is 7.27. The zero-order valence-corrected chi connectivity index (χ0v) is 27.3. The molecule has 10 heteroatoms. The number of anilines is 1. The Kier molecular flexibility index (Phi) is 10.7. The number of aryl methyl sites for hydroxylation is 2. The molecule has 1 fully saturated rings. The molecule has 0 aromatic heterocycles. The Bertz CT molecular complexity index is 1520. The number of carbonyl (C=O) groups excluding carboxylic acids is 2. The third-order valence-corrected chi connectivity index (χ3v) is 10.2. The number of nitrogens with one attached hydrogen (secondary N) is 1. The van der Waals surface area contributed by atoms with Gasteiger partial charge in [-0.15, -0.1) is 0 Å². The van der Waals surface area contributed by atoms with Gasteiger partial charge in [0.15, 0.2) is 0 Å². The molecule has 3 aromatic carbocycles. The molecule has 42 heavy (non-hydrogen) atoms. The molecular formula is C32H37BrClN3O4S. The summed E-state index contributed by atoms with van der Waals surface area (Å²) < 4.78 is 30.1. The van der Waals surface area contributed by atoms with E-state index in [4.69, 9.17) is 11.6 Å². The molecule has 2 amide bonds. The minimum absolute atomic E-state index is 0.0573. The predicted octanol–water partition coefficient (Wildman–Crippen LogP) is 6.78. The molecule has 1 atom stereocenters. The van der Waals surface area contributed by atoms with Crippen molar-refractivity contribution in [2.75, 3.05) is 10.8 Å². The van der Waals surface area contributed by atoms with Crippen molar-refractivity contribution in [3.05, 3.63) is 92.9 Å². The third kappa shape index (κ3) is 7.94. The van der Waals surface area contributed by atoms with Crippen LogP contribution in [0.1, 0.15) is 55.7 Å². The Morgan fingerprint density at radius 3 is 2.36 bits per heavy atom. The Morgan fingerprint density at radius 1 is 1.00 bits per heavy atom. The number of amides is 2. The van der Waals surface area contributed by atoms with Crippen molar-refractivity contribution in [2.24, 2.45) is 0 Å². The summed E-state index contributed by atoms with van der Waals surface area (Å²) >= 11 is 9.79. The van der Waals surface area contributed by atoms with Crippen LogP contribution >= 0.6 is 27.5 Å². The molecule has 0 bridgehead atoms. The number of benzene rings is 3. The van der Waals surface area contributed by atoms with Crippen molar-refractivity contribution in [3.63, 3.8) is 0 Å². The molecule has 0 heterocycles. The van der Waals surface area contributed by atoms with Gasteiger partial charge in [-0.2, -0.15) is 0 Å². The summed E-state index contributed by atoms with van der Waals surface area (Å²) in [5.74, 6) is -0.756. The minimum Gasteiger partial charge on any atom is -0.352 e. The van der Waals surface area contributed by atoms with E-state index in [1.807, 2.05) is 31.2 Å². The molecule has 1 N–H and O–H groups in total. The first-order valence-electron chi connectivity index (χ1n) is 14.2. The second kappa shape index (κ2) is 14.1. The Hall–Kier alpha value is -2.88. The number of rotatable bonds is 10. The van der Waals surface area contributed by atoms with E-state index in [1.54, 1.807) is 44.2 Å². The van der Waals surface area contributed by atoms with Gasteiger partial charge in [0.05, 0.1) is 10.6 Å². The number of nitrogens with zero attached hydrogens (tertiary/aromatic N) is 2. The van der Waals surface area contributed by atoms with Crippen molar-refractivity contribution in [1.82, 2.24) is 10.2 Å². The van der Waals surface area contributed by atoms with Crippen LogP contribution in [-0.4, -0.2) is 43.8 Å². The van der Waals surface area contributed by atoms with Gasteiger partial charge < -0.3 is 10.2 Å². The van der Waals surface area contributed by atoms with Crippen LogP contribution in [0.5, 0.6) is 0 Å². The predicted molar refractivity (Wildman–Crippen MR) is 171 cm³/mol. The van der Waals surface area contributed by atoms with Crippen molar-refractivity contribution >= 4 is 55.1 Å². The van der Waals surface area contributed by atoms with Gasteiger partial charge in [-0.1, -0.05) is 82.7 Å². The molecule has 0 unspecified atom stereocenters. The largest absolute Gasteiger partial charge is 0.352 e. The summed E-state index contributed by atoms with van der Waals surface area (Å²) in [5, 5.41) is 3.47. The Balaban J connectivity index is 1.71. The van der Waals surface area contributed by atoms with Crippen LogP contribution in [0.25, 0.3) is 0 Å². The van der Waals surface area contributed by atoms with Crippen LogP contribution in [0, 0.1) is 13.8 Å². The summed E-state index contributed by atoms with van der Waals surface area (Å²) in [6, 6.07) is 18.2. The van der Waals surface area contributed by atoms with Crippen LogP contribution in [0.15, 0.2) is 76.1 Å². The smallest absolute Gasteiger partial charge is 0.264 e. The Morgan fingerprint density at radius 2 is 1.69 bits per heavy atom. The van der Waals surface area contributed by atoms with Gasteiger partial charge in [-0.25, -0.2) is 8.42 Å². The Labute approximate surface area is 262 Å². The summed E-state index contributed by atoms with van der Waals surface area (Å²) in [4.78, 5) is 29.1. The van der Waals surface area contributed by atoms with Gasteiger partial charge in [0.2, 0.25) is 11.8 Å². The number of halogens is 2. The highest BCUT2D eigenvalue weighted by Gasteiger charge is 2.34. The standard InChI is InChI=1S/C32H37BrClN3O4S/c1-22-12-16-29(17-13-22)42(40,41)37(30-19-27(34)15-14-23(30)2)21-31(38)36(20-25-8-7-9-26(33)18-25)24(3)32(39)35-28-10-5-4-6-11-28/h7-9,12-19,24,28H,4-6,10-11,20-21H2,1-3H3,(H,35,39)/t24-/m0/s1. The molecule has 0 aliphatic heterocycles. The first-order chi connectivity index (χ1) is 20.0. The molecule has 0 radical (unpaired) electrons. The first-order valence-corrected chi connectivity index (χ1v) is 16.8. The quantitative estimate of drug-likeness (QED) is 0.257. The molecule has 0 spiro atoms. The lowest BCUT2D eigenvalue weighted by atomic mass is 9.95. The lowest BCUT2D eigenvalue weighted by Gasteiger charge is -2.33. The van der Waals surface area contributed by atoms with E-state index in [0.717, 1.165) is 52.0 Å². The molecule has 1 aliphatic rings. The van der Waals surface area contributed by atoms with E-state index in [2.05, 4.69) is 21.2 Å². The van der Waals surface area contributed by atoms with E-state index in [0.29, 0.717) is 16.3 Å². The first kappa shape index (κ1) is 32.0. The molecular weight excluding hydrogens is 638 g/mol. The van der Waals surface area contributed by atoms with Crippen LogP contribution in [-0.2, 0) is 26.2 Å². The molecule has 3 aromatic rings. The van der Waals surface area contributed by atoms with E-state index < -0.39 is 28.5 Å². The summed E-state index contributed by atoms with van der Waals surface area (Å²) in [6.07, 6.45) is 5.10. The normalized spacial score (nSPS) is 14.7. The number of hydrogen-bond acceptors (Lipinski definition) is 4. The second-order valence-corrected chi connectivity index (χ2v) is 14.1. The topological polar surface area (TPSA) is 86.8 Å². The fourth-order valence-electron chi connectivity index (χ4n) is 5.19. The highest BCUT2D eigenvalue weighted by molar-refractivity contribution is 9.10. The lowest BCUT2D eigenvalue weighted by Crippen LogP contribution is -2.53. The highest BCUT2D eigenvalue weighted by Crippen LogP contribution is 2.30. The van der Waals surface area contributed by atoms with E-state index in [1.165, 1.54) is 17.0 Å². The average molecular weight is 675 g/mol. The summed E-state index contributed by atoms with van der Waals surface area (Å²) in [6.45, 7) is 4.96. The molecule has 0 saturated heterocycles. The van der Waals surface area contributed by atoms with Gasteiger partial charge in [0.25, 0.3) is 10.0 Å². The van der Waals surface area contributed by atoms with Gasteiger partial charge in [0, 0.05) is 22.1 Å². The van der Waals surface area contributed by atoms with Gasteiger partial charge in [-0.3, -0.25) is 13.9 Å². The highest BCUT2D eigenvalue weighted by atomic mass is 79.9. The average Bonchev–Trinajstić information content (AvgIpc) is 2.96. The minimum atomic E-state index is -4.17. The zero-order chi connectivity index (χ0) is 30.4. The maximum atomic E-state index is 14.2. The number of hydrogen-bond donors (Lipinski definition) is 1. The van der Waals surface area contributed by atoms with Crippen LogP contribution in [0.3, 0.4) is 0 Å². The lowest BCUT2D eigenvalue weighted by molar-refractivity contribution is -0.139. The van der Waals surface area contributed by atoms with Gasteiger partial charge >= 0.3 is 0 Å². The monoisotopic (exact) mass is 673 g/mol. The molecule has 1 saturated carbocycles. The molecule has 1 aliphatic carbocycles. The fraction of sp³-hybridized carbons (Fsp3) is 0.375. The van der Waals surface area contributed by atoms with Crippen LogP contribution < -0.4 is 9.62 Å². The molecule has 4 rings (SSSR count). The van der Waals surface area contributed by atoms with E-state index in [9.17, 15) is 18.0 Å². The van der Waals surface area contributed by atoms with Gasteiger partial charge in [-0.05, 0) is 81.1 Å². The maximum Gasteiger partial charge on any atom is 0.264 e. The van der Waals surface area contributed by atoms with Crippen molar-refractivity contribution in [3.8, 4) is 0 Å². The van der Waals surface area contributed by atoms with Crippen LogP contribution in [0.4, 0.5) is 5.69 Å². The zero-order valence-electron chi connectivity index (χ0n) is 24.1. The van der Waals surface area contributed by atoms with E-state index >= 15 is 0 Å². The van der Waals surface area contributed by atoms with Gasteiger partial charge in [0.1, 0.15) is 12.6 Å². The van der Waals surface area contributed by atoms with Crippen molar-refractivity contribution in [2.45, 2.75) is 76.4 Å². The van der Waals surface area contributed by atoms with Crippen molar-refractivity contribution < 1.29 is 18.0 Å². The number of carbonyl (C=O) groups is 2. The number of sulfonamides is 1. The van der Waals surface area contributed by atoms with Crippen LogP contribution in [0.2, 0.25) is 5.02 Å². The summed E-state index contributed by atoms with van der Waals surface area (Å²) in [5.41, 5.74) is 2.66. The second-order valence-electron chi connectivity index (χ2n) is 10.9. The third-order valence-electron chi connectivity index (χ3n) is 7.69. The van der Waals surface area contributed by atoms with Crippen molar-refractivity contribution in [1.29, 1.82) is 0 Å². The molecule has 7 nitrogen and oxygen atoms in total. The molecule has 224 valence electrons. The summed E-state index contributed by atoms with van der Waals surface area (Å²) in [7, 11) is -4.17.